The molecule has 18 heavy (non-hydrogen) atoms. The van der Waals surface area contributed by atoms with E-state index in [0.29, 0.717) is 16.4 Å². The summed E-state index contributed by atoms with van der Waals surface area (Å²) >= 11 is 1.21. The van der Waals surface area contributed by atoms with Gasteiger partial charge in [0.2, 0.25) is 11.8 Å². The van der Waals surface area contributed by atoms with Gasteiger partial charge in [0.05, 0.1) is 17.7 Å². The van der Waals surface area contributed by atoms with Crippen LogP contribution in [0.25, 0.3) is 0 Å². The zero-order valence-corrected chi connectivity index (χ0v) is 10.7. The molecule has 1 aromatic rings. The topological polar surface area (TPSA) is 70.5 Å². The van der Waals surface area contributed by atoms with E-state index in [0.717, 1.165) is 4.90 Å². The Labute approximate surface area is 108 Å². The molecule has 0 radical (unpaired) electrons. The molecule has 1 aromatic heterocycles. The van der Waals surface area contributed by atoms with Crippen LogP contribution in [0.1, 0.15) is 24.6 Å². The Morgan fingerprint density at radius 2 is 2.39 bits per heavy atom. The van der Waals surface area contributed by atoms with Crippen molar-refractivity contribution in [1.29, 1.82) is 0 Å². The molecule has 2 amide bonds. The minimum atomic E-state index is -0.273. The maximum Gasteiger partial charge on any atom is 0.238 e. The normalized spacial score (nSPS) is 19.0. The van der Waals surface area contributed by atoms with Crippen molar-refractivity contribution in [1.82, 2.24) is 4.98 Å². The number of aliphatic hydroxyl groups excluding tert-OH is 1. The lowest BCUT2D eigenvalue weighted by molar-refractivity contribution is -0.122. The Morgan fingerprint density at radius 3 is 3.00 bits per heavy atom. The monoisotopic (exact) mass is 264 g/mol. The Balaban J connectivity index is 2.18. The number of carbonyl (C=O) groups excluding carboxylic acids is 2. The first-order chi connectivity index (χ1) is 8.63. The highest BCUT2D eigenvalue weighted by atomic mass is 32.1. The van der Waals surface area contributed by atoms with E-state index < -0.39 is 0 Å². The number of hydrogen-bond donors (Lipinski definition) is 1. The third kappa shape index (κ3) is 2.42. The van der Waals surface area contributed by atoms with Gasteiger partial charge in [-0.25, -0.2) is 9.88 Å². The van der Waals surface area contributed by atoms with E-state index in [4.69, 9.17) is 5.11 Å². The quantitative estimate of drug-likeness (QED) is 0.633. The smallest absolute Gasteiger partial charge is 0.238 e. The Kier molecular flexibility index (Phi) is 3.75. The van der Waals surface area contributed by atoms with Crippen LogP contribution in [0.3, 0.4) is 0 Å². The van der Waals surface area contributed by atoms with Crippen LogP contribution in [0, 0.1) is 17.8 Å². The van der Waals surface area contributed by atoms with E-state index in [2.05, 4.69) is 16.8 Å². The van der Waals surface area contributed by atoms with Gasteiger partial charge in [0, 0.05) is 18.8 Å². The molecule has 5 nitrogen and oxygen atoms in total. The molecule has 2 heterocycles. The third-order valence-corrected chi connectivity index (χ3v) is 3.40. The number of imide groups is 1. The summed E-state index contributed by atoms with van der Waals surface area (Å²) in [4.78, 5) is 29.3. The fourth-order valence-corrected chi connectivity index (χ4v) is 2.43. The SMILES string of the molecule is CC1CC(=O)N(c2ncc(C#CCCO)s2)C1=O. The largest absolute Gasteiger partial charge is 0.395 e. The molecule has 1 aliphatic heterocycles. The van der Waals surface area contributed by atoms with Crippen molar-refractivity contribution in [2.24, 2.45) is 5.92 Å². The molecule has 0 aromatic carbocycles. The molecule has 2 rings (SSSR count). The number of anilines is 1. The maximum atomic E-state index is 11.8. The van der Waals surface area contributed by atoms with Gasteiger partial charge in [-0.3, -0.25) is 9.59 Å². The van der Waals surface area contributed by atoms with E-state index in [-0.39, 0.29) is 30.8 Å². The van der Waals surface area contributed by atoms with Crippen molar-refractivity contribution in [2.75, 3.05) is 11.5 Å². The van der Waals surface area contributed by atoms with Crippen LogP contribution in [0.2, 0.25) is 0 Å². The van der Waals surface area contributed by atoms with Gasteiger partial charge < -0.3 is 5.11 Å². The van der Waals surface area contributed by atoms with E-state index in [9.17, 15) is 9.59 Å². The van der Waals surface area contributed by atoms with Gasteiger partial charge in [-0.15, -0.1) is 0 Å². The molecular formula is C12H12N2O3S. The second-order valence-corrected chi connectivity index (χ2v) is 4.96. The number of amides is 2. The summed E-state index contributed by atoms with van der Waals surface area (Å²) in [6, 6.07) is 0. The van der Waals surface area contributed by atoms with Crippen LogP contribution in [0.4, 0.5) is 5.13 Å². The van der Waals surface area contributed by atoms with Gasteiger partial charge in [-0.2, -0.15) is 0 Å². The van der Waals surface area contributed by atoms with Gasteiger partial charge in [-0.05, 0) is 0 Å². The van der Waals surface area contributed by atoms with Crippen molar-refractivity contribution >= 4 is 28.3 Å². The second kappa shape index (κ2) is 5.29. The Morgan fingerprint density at radius 1 is 1.61 bits per heavy atom. The highest BCUT2D eigenvalue weighted by Crippen LogP contribution is 2.29. The Hall–Kier alpha value is -1.71. The van der Waals surface area contributed by atoms with Crippen LogP contribution >= 0.6 is 11.3 Å². The van der Waals surface area contributed by atoms with E-state index in [1.807, 2.05) is 0 Å². The van der Waals surface area contributed by atoms with Crippen LogP contribution in [0.5, 0.6) is 0 Å². The van der Waals surface area contributed by atoms with Crippen LogP contribution in [-0.2, 0) is 9.59 Å². The van der Waals surface area contributed by atoms with Crippen LogP contribution in [-0.4, -0.2) is 28.5 Å². The number of aliphatic hydroxyl groups is 1. The highest BCUT2D eigenvalue weighted by Gasteiger charge is 2.38. The maximum absolute atomic E-state index is 11.8. The van der Waals surface area contributed by atoms with Crippen LogP contribution in [0.15, 0.2) is 6.20 Å². The molecule has 1 saturated heterocycles. The van der Waals surface area contributed by atoms with Gasteiger partial charge >= 0.3 is 0 Å². The molecule has 6 heteroatoms. The number of thiazole rings is 1. The van der Waals surface area contributed by atoms with Gasteiger partial charge in [0.1, 0.15) is 0 Å². The number of rotatable bonds is 2. The third-order valence-electron chi connectivity index (χ3n) is 2.51. The zero-order chi connectivity index (χ0) is 13.1. The predicted octanol–water partition coefficient (Wildman–Crippen LogP) is 0.776. The lowest BCUT2D eigenvalue weighted by atomic mass is 10.1. The summed E-state index contributed by atoms with van der Waals surface area (Å²) in [5.74, 6) is 4.91. The zero-order valence-electron chi connectivity index (χ0n) is 9.84. The predicted molar refractivity (Wildman–Crippen MR) is 67.0 cm³/mol. The van der Waals surface area contributed by atoms with Crippen molar-refractivity contribution in [3.05, 3.63) is 11.1 Å². The van der Waals surface area contributed by atoms with Gasteiger partial charge in [-0.1, -0.05) is 30.1 Å². The lowest BCUT2D eigenvalue weighted by Crippen LogP contribution is -2.29. The number of nitrogens with zero attached hydrogens (tertiary/aromatic N) is 2. The van der Waals surface area contributed by atoms with Gasteiger partial charge in [0.15, 0.2) is 5.13 Å². The van der Waals surface area contributed by atoms with Crippen molar-refractivity contribution in [3.63, 3.8) is 0 Å². The summed E-state index contributed by atoms with van der Waals surface area (Å²) in [5.41, 5.74) is 0. The summed E-state index contributed by atoms with van der Waals surface area (Å²) < 4.78 is 0. The molecule has 0 spiro atoms. The van der Waals surface area contributed by atoms with Gasteiger partial charge in [0.25, 0.3) is 0 Å². The first-order valence-electron chi connectivity index (χ1n) is 5.56. The number of carbonyl (C=O) groups is 2. The minimum Gasteiger partial charge on any atom is -0.395 e. The van der Waals surface area contributed by atoms with Crippen LogP contribution < -0.4 is 4.90 Å². The van der Waals surface area contributed by atoms with E-state index in [1.165, 1.54) is 17.5 Å². The van der Waals surface area contributed by atoms with Crippen molar-refractivity contribution in [3.8, 4) is 11.8 Å². The summed E-state index contributed by atoms with van der Waals surface area (Å²) in [6.07, 6.45) is 2.17. The molecule has 94 valence electrons. The van der Waals surface area contributed by atoms with Crippen molar-refractivity contribution < 1.29 is 14.7 Å². The molecule has 1 aliphatic rings. The lowest BCUT2D eigenvalue weighted by Gasteiger charge is -2.08. The number of aromatic nitrogens is 1. The second-order valence-electron chi connectivity index (χ2n) is 3.96. The fraction of sp³-hybridized carbons (Fsp3) is 0.417. The molecule has 1 N–H and O–H groups in total. The van der Waals surface area contributed by atoms with E-state index >= 15 is 0 Å². The molecule has 0 bridgehead atoms. The highest BCUT2D eigenvalue weighted by molar-refractivity contribution is 7.16. The summed E-state index contributed by atoms with van der Waals surface area (Å²) in [7, 11) is 0. The molecule has 0 saturated carbocycles. The summed E-state index contributed by atoms with van der Waals surface area (Å²) in [5, 5.41) is 8.99. The molecule has 1 atom stereocenters. The molecule has 0 aliphatic carbocycles. The first-order valence-corrected chi connectivity index (χ1v) is 6.37. The first kappa shape index (κ1) is 12.7. The molecular weight excluding hydrogens is 252 g/mol. The average molecular weight is 264 g/mol. The average Bonchev–Trinajstić information content (AvgIpc) is 2.86. The minimum absolute atomic E-state index is 0.0132. The summed E-state index contributed by atoms with van der Waals surface area (Å²) in [6.45, 7) is 1.75. The standard InChI is InChI=1S/C12H12N2O3S/c1-8-6-10(16)14(11(8)17)12-13-7-9(18-12)4-2-3-5-15/h7-8,15H,3,5-6H2,1H3. The Bertz CT molecular complexity index is 541. The van der Waals surface area contributed by atoms with Crippen molar-refractivity contribution in [2.45, 2.75) is 19.8 Å². The fourth-order valence-electron chi connectivity index (χ4n) is 1.62. The van der Waals surface area contributed by atoms with E-state index in [1.54, 1.807) is 6.92 Å². The number of hydrogen-bond acceptors (Lipinski definition) is 5. The molecule has 1 fully saturated rings. The molecule has 1 unspecified atom stereocenters.